The molecule has 210 valence electrons. The highest BCUT2D eigenvalue weighted by molar-refractivity contribution is 7.89. The van der Waals surface area contributed by atoms with E-state index in [-0.39, 0.29) is 48.4 Å². The van der Waals surface area contributed by atoms with Crippen molar-refractivity contribution in [3.05, 3.63) is 71.0 Å². The van der Waals surface area contributed by atoms with Crippen LogP contribution in [0.5, 0.6) is 5.75 Å². The van der Waals surface area contributed by atoms with E-state index in [1.165, 1.54) is 4.31 Å². The first kappa shape index (κ1) is 28.8. The topological polar surface area (TPSA) is 104 Å². The summed E-state index contributed by atoms with van der Waals surface area (Å²) < 4.78 is 41.7. The Hall–Kier alpha value is -3.24. The third kappa shape index (κ3) is 6.86. The number of hydrogen-bond acceptors (Lipinski definition) is 7. The van der Waals surface area contributed by atoms with E-state index in [1.807, 2.05) is 56.8 Å². The molecule has 2 aromatic carbocycles. The van der Waals surface area contributed by atoms with Gasteiger partial charge in [-0.15, -0.1) is 5.10 Å². The van der Waals surface area contributed by atoms with Crippen molar-refractivity contribution >= 4 is 16.0 Å². The Bertz CT molecular complexity index is 1400. The van der Waals surface area contributed by atoms with Gasteiger partial charge in [0.05, 0.1) is 25.3 Å². The number of fused-ring (bicyclic) bond motifs is 1. The number of nitrogens with zero attached hydrogens (tertiary/aromatic N) is 4. The maximum atomic E-state index is 13.6. The highest BCUT2D eigenvalue weighted by Gasteiger charge is 2.33. The van der Waals surface area contributed by atoms with Crippen LogP contribution in [0.15, 0.2) is 53.6 Å². The summed E-state index contributed by atoms with van der Waals surface area (Å²) in [6, 6.07) is 13.0. The van der Waals surface area contributed by atoms with Gasteiger partial charge in [0.25, 0.3) is 0 Å². The van der Waals surface area contributed by atoms with Crippen molar-refractivity contribution in [2.24, 2.45) is 0 Å². The predicted molar refractivity (Wildman–Crippen MR) is 148 cm³/mol. The Kier molecular flexibility index (Phi) is 9.07. The Morgan fingerprint density at radius 1 is 1.21 bits per heavy atom. The van der Waals surface area contributed by atoms with Crippen molar-refractivity contribution in [2.45, 2.75) is 83.4 Å². The van der Waals surface area contributed by atoms with E-state index in [0.29, 0.717) is 25.2 Å². The molecule has 1 aliphatic rings. The molecule has 39 heavy (non-hydrogen) atoms. The summed E-state index contributed by atoms with van der Waals surface area (Å²) in [5, 5.41) is 8.48. The van der Waals surface area contributed by atoms with E-state index < -0.39 is 10.0 Å². The van der Waals surface area contributed by atoms with Gasteiger partial charge in [0, 0.05) is 18.8 Å². The third-order valence-electron chi connectivity index (χ3n) is 7.00. The molecule has 3 aromatic rings. The van der Waals surface area contributed by atoms with Gasteiger partial charge in [-0.05, 0) is 82.2 Å². The van der Waals surface area contributed by atoms with Crippen molar-refractivity contribution < 1.29 is 22.7 Å². The Balaban J connectivity index is 1.61. The summed E-state index contributed by atoms with van der Waals surface area (Å²) >= 11 is 0. The minimum atomic E-state index is -3.76. The molecule has 0 amide bonds. The lowest BCUT2D eigenvalue weighted by atomic mass is 9.88. The highest BCUT2D eigenvalue weighted by Crippen LogP contribution is 2.33. The molecule has 1 aliphatic heterocycles. The third-order valence-corrected chi connectivity index (χ3v) is 8.85. The molecular weight excluding hydrogens is 516 g/mol. The summed E-state index contributed by atoms with van der Waals surface area (Å²) in [5.41, 5.74) is 3.71. The molecule has 2 heterocycles. The molecule has 0 aliphatic carbocycles. The molecule has 0 N–H and O–H groups in total. The molecule has 10 heteroatoms. The molecule has 0 saturated heterocycles. The SMILES string of the molecule is CCOC(=O)CC(CCc1cn(C(C)C)nn1)c1ccc(C)c(CN2C[C@@H](C)Oc3ccccc3S2(=O)=O)c1. The average molecular weight is 555 g/mol. The molecule has 1 aromatic heterocycles. The smallest absolute Gasteiger partial charge is 0.306 e. The normalized spacial score (nSPS) is 17.7. The molecule has 4 rings (SSSR count). The molecule has 9 nitrogen and oxygen atoms in total. The van der Waals surface area contributed by atoms with Gasteiger partial charge < -0.3 is 9.47 Å². The van der Waals surface area contributed by atoms with Crippen LogP contribution < -0.4 is 4.74 Å². The van der Waals surface area contributed by atoms with Crippen LogP contribution in [-0.4, -0.2) is 52.9 Å². The van der Waals surface area contributed by atoms with E-state index in [9.17, 15) is 13.2 Å². The van der Waals surface area contributed by atoms with Gasteiger partial charge in [0.15, 0.2) is 0 Å². The van der Waals surface area contributed by atoms with Gasteiger partial charge in [-0.25, -0.2) is 13.1 Å². The second-order valence-corrected chi connectivity index (χ2v) is 12.3. The van der Waals surface area contributed by atoms with Gasteiger partial charge in [-0.2, -0.15) is 4.31 Å². The van der Waals surface area contributed by atoms with Crippen LogP contribution in [0.4, 0.5) is 0 Å². The number of aryl methyl sites for hydroxylation is 2. The van der Waals surface area contributed by atoms with Crippen molar-refractivity contribution in [2.75, 3.05) is 13.2 Å². The van der Waals surface area contributed by atoms with Gasteiger partial charge >= 0.3 is 5.97 Å². The number of sulfonamides is 1. The number of benzene rings is 2. The zero-order chi connectivity index (χ0) is 28.2. The first-order valence-corrected chi connectivity index (χ1v) is 14.9. The number of carbonyl (C=O) groups is 1. The van der Waals surface area contributed by atoms with Gasteiger partial charge in [0.2, 0.25) is 10.0 Å². The fourth-order valence-corrected chi connectivity index (χ4v) is 6.42. The zero-order valence-electron chi connectivity index (χ0n) is 23.3. The quantitative estimate of drug-likeness (QED) is 0.331. The van der Waals surface area contributed by atoms with Crippen molar-refractivity contribution in [3.8, 4) is 5.75 Å². The van der Waals surface area contributed by atoms with E-state index in [0.717, 1.165) is 22.4 Å². The van der Waals surface area contributed by atoms with E-state index >= 15 is 0 Å². The Morgan fingerprint density at radius 3 is 2.69 bits per heavy atom. The second-order valence-electron chi connectivity index (χ2n) is 10.4. The Morgan fingerprint density at radius 2 is 1.97 bits per heavy atom. The van der Waals surface area contributed by atoms with Crippen LogP contribution in [0, 0.1) is 6.92 Å². The van der Waals surface area contributed by atoms with Gasteiger partial charge in [-0.1, -0.05) is 35.5 Å². The monoisotopic (exact) mass is 554 g/mol. The molecule has 1 unspecified atom stereocenters. The average Bonchev–Trinajstić information content (AvgIpc) is 3.34. The van der Waals surface area contributed by atoms with Crippen LogP contribution >= 0.6 is 0 Å². The summed E-state index contributed by atoms with van der Waals surface area (Å²) in [4.78, 5) is 12.7. The van der Waals surface area contributed by atoms with Crippen molar-refractivity contribution in [1.82, 2.24) is 19.3 Å². The minimum Gasteiger partial charge on any atom is -0.488 e. The van der Waals surface area contributed by atoms with Crippen LogP contribution in [0.25, 0.3) is 0 Å². The fourth-order valence-electron chi connectivity index (χ4n) is 4.80. The summed E-state index contributed by atoms with van der Waals surface area (Å²) in [5.74, 6) is 0.00586. The lowest BCUT2D eigenvalue weighted by Crippen LogP contribution is -2.35. The first-order chi connectivity index (χ1) is 18.6. The molecular formula is C29H38N4O5S. The van der Waals surface area contributed by atoms with Crippen LogP contribution in [-0.2, 0) is 32.5 Å². The van der Waals surface area contributed by atoms with Crippen molar-refractivity contribution in [3.63, 3.8) is 0 Å². The van der Waals surface area contributed by atoms with Crippen LogP contribution in [0.2, 0.25) is 0 Å². The van der Waals surface area contributed by atoms with Crippen LogP contribution in [0.1, 0.15) is 74.9 Å². The molecule has 0 radical (unpaired) electrons. The van der Waals surface area contributed by atoms with Gasteiger partial charge in [0.1, 0.15) is 16.7 Å². The first-order valence-electron chi connectivity index (χ1n) is 13.5. The van der Waals surface area contributed by atoms with E-state index in [1.54, 1.807) is 31.2 Å². The summed E-state index contributed by atoms with van der Waals surface area (Å²) in [6.45, 7) is 10.5. The zero-order valence-corrected chi connectivity index (χ0v) is 24.1. The molecule has 0 saturated carbocycles. The molecule has 0 fully saturated rings. The standard InChI is InChI=1S/C29H38N4O5S/c1-6-37-29(34)16-24(13-14-26-19-33(20(2)3)31-30-26)23-12-11-21(4)25(15-23)18-32-17-22(5)38-27-9-7-8-10-28(27)39(32,35)36/h7-12,15,19-20,22,24H,6,13-14,16-18H2,1-5H3/t22-,24?/m1/s1. The molecule has 2 atom stereocenters. The lowest BCUT2D eigenvalue weighted by Gasteiger charge is -2.24. The number of esters is 1. The maximum Gasteiger partial charge on any atom is 0.306 e. The number of carbonyl (C=O) groups excluding carboxylic acids is 1. The molecule has 0 bridgehead atoms. The summed E-state index contributed by atoms with van der Waals surface area (Å²) in [7, 11) is -3.76. The highest BCUT2D eigenvalue weighted by atomic mass is 32.2. The number of rotatable bonds is 10. The number of ether oxygens (including phenoxy) is 2. The number of aromatic nitrogens is 3. The van der Waals surface area contributed by atoms with E-state index in [4.69, 9.17) is 9.47 Å². The maximum absolute atomic E-state index is 13.6. The number of hydrogen-bond donors (Lipinski definition) is 0. The largest absolute Gasteiger partial charge is 0.488 e. The fraction of sp³-hybridized carbons (Fsp3) is 0.483. The molecule has 0 spiro atoms. The van der Waals surface area contributed by atoms with E-state index in [2.05, 4.69) is 10.3 Å². The predicted octanol–water partition coefficient (Wildman–Crippen LogP) is 4.81. The van der Waals surface area contributed by atoms with Crippen molar-refractivity contribution in [1.29, 1.82) is 0 Å². The summed E-state index contributed by atoms with van der Waals surface area (Å²) in [6.07, 6.45) is 3.21. The minimum absolute atomic E-state index is 0.115. The van der Waals surface area contributed by atoms with Crippen LogP contribution in [0.3, 0.4) is 0 Å². The number of para-hydroxylation sites is 1. The lowest BCUT2D eigenvalue weighted by molar-refractivity contribution is -0.143. The Labute approximate surface area is 231 Å². The second kappa shape index (κ2) is 12.3. The van der Waals surface area contributed by atoms with Gasteiger partial charge in [-0.3, -0.25) is 4.79 Å².